The number of hydrogen-bond acceptors (Lipinski definition) is 4. The Morgan fingerprint density at radius 1 is 1.36 bits per heavy atom. The van der Waals surface area contributed by atoms with Gasteiger partial charge in [0.05, 0.1) is 11.8 Å². The van der Waals surface area contributed by atoms with Crippen LogP contribution in [0.3, 0.4) is 0 Å². The van der Waals surface area contributed by atoms with E-state index in [1.54, 1.807) is 49.7 Å². The van der Waals surface area contributed by atoms with E-state index >= 15 is 0 Å². The molecule has 3 N–H and O–H groups in total. The Morgan fingerprint density at radius 2 is 2.23 bits per heavy atom. The van der Waals surface area contributed by atoms with Crippen molar-refractivity contribution in [2.24, 2.45) is 0 Å². The van der Waals surface area contributed by atoms with Crippen molar-refractivity contribution in [3.05, 3.63) is 59.8 Å². The van der Waals surface area contributed by atoms with E-state index in [1.165, 1.54) is 0 Å². The number of carbonyl (C=O) groups excluding carboxylic acids is 1. The van der Waals surface area contributed by atoms with E-state index in [2.05, 4.69) is 20.9 Å². The maximum Gasteiger partial charge on any atom is 0.257 e. The van der Waals surface area contributed by atoms with Crippen LogP contribution in [0.2, 0.25) is 0 Å². The summed E-state index contributed by atoms with van der Waals surface area (Å²) >= 11 is 5.16. The van der Waals surface area contributed by atoms with Crippen LogP contribution in [-0.4, -0.2) is 16.0 Å². The van der Waals surface area contributed by atoms with Gasteiger partial charge in [-0.1, -0.05) is 6.07 Å². The van der Waals surface area contributed by atoms with Crippen LogP contribution in [0.5, 0.6) is 0 Å². The molecule has 1 amide bonds. The monoisotopic (exact) mass is 314 g/mol. The van der Waals surface area contributed by atoms with Crippen LogP contribution < -0.4 is 16.0 Å². The molecule has 0 radical (unpaired) electrons. The number of hydrogen-bond donors (Lipinski definition) is 3. The molecule has 0 spiro atoms. The van der Waals surface area contributed by atoms with Gasteiger partial charge in [-0.05, 0) is 43.4 Å². The van der Waals surface area contributed by atoms with Gasteiger partial charge in [0.15, 0.2) is 5.11 Å². The van der Waals surface area contributed by atoms with Crippen molar-refractivity contribution in [3.63, 3.8) is 0 Å². The molecule has 22 heavy (non-hydrogen) atoms. The normalized spacial score (nSPS) is 17.7. The minimum atomic E-state index is -0.438. The molecule has 6 nitrogen and oxygen atoms in total. The van der Waals surface area contributed by atoms with E-state index in [4.69, 9.17) is 16.6 Å². The quantitative estimate of drug-likeness (QED) is 0.753. The summed E-state index contributed by atoms with van der Waals surface area (Å²) in [5.41, 5.74) is 1.19. The van der Waals surface area contributed by atoms with E-state index in [-0.39, 0.29) is 5.91 Å². The third kappa shape index (κ3) is 2.84. The largest absolute Gasteiger partial charge is 0.467 e. The molecule has 1 aliphatic heterocycles. The lowest BCUT2D eigenvalue weighted by Crippen LogP contribution is -2.45. The number of furan rings is 1. The molecule has 0 fully saturated rings. The molecule has 3 heterocycles. The third-order valence-corrected chi connectivity index (χ3v) is 3.47. The van der Waals surface area contributed by atoms with E-state index < -0.39 is 6.04 Å². The number of pyridine rings is 1. The van der Waals surface area contributed by atoms with E-state index in [9.17, 15) is 4.79 Å². The number of nitrogens with zero attached hydrogens (tertiary/aromatic N) is 1. The Morgan fingerprint density at radius 3 is 2.91 bits per heavy atom. The Hall–Kier alpha value is -2.67. The fraction of sp³-hybridized carbons (Fsp3) is 0.133. The minimum absolute atomic E-state index is 0.264. The average Bonchev–Trinajstić information content (AvgIpc) is 3.01. The summed E-state index contributed by atoms with van der Waals surface area (Å²) in [6.45, 7) is 1.80. The number of nitrogens with one attached hydrogen (secondary N) is 3. The first-order valence-corrected chi connectivity index (χ1v) is 7.10. The number of carbonyl (C=O) groups is 1. The third-order valence-electron chi connectivity index (χ3n) is 3.25. The maximum atomic E-state index is 12.6. The average molecular weight is 314 g/mol. The van der Waals surface area contributed by atoms with Gasteiger partial charge in [-0.25, -0.2) is 4.98 Å². The second-order valence-electron chi connectivity index (χ2n) is 4.75. The first-order chi connectivity index (χ1) is 10.6. The van der Waals surface area contributed by atoms with Crippen molar-refractivity contribution in [1.82, 2.24) is 15.6 Å². The molecule has 3 rings (SSSR count). The molecule has 0 aromatic carbocycles. The summed E-state index contributed by atoms with van der Waals surface area (Å²) in [7, 11) is 0. The second kappa shape index (κ2) is 5.98. The highest BCUT2D eigenvalue weighted by atomic mass is 32.1. The van der Waals surface area contributed by atoms with E-state index in [1.807, 2.05) is 0 Å². The highest BCUT2D eigenvalue weighted by molar-refractivity contribution is 7.80. The minimum Gasteiger partial charge on any atom is -0.467 e. The Kier molecular flexibility index (Phi) is 3.88. The number of allylic oxidation sites excluding steroid dienone is 1. The fourth-order valence-electron chi connectivity index (χ4n) is 2.28. The maximum absolute atomic E-state index is 12.6. The zero-order valence-corrected chi connectivity index (χ0v) is 12.6. The topological polar surface area (TPSA) is 79.2 Å². The second-order valence-corrected chi connectivity index (χ2v) is 5.16. The summed E-state index contributed by atoms with van der Waals surface area (Å²) in [4.78, 5) is 16.7. The van der Waals surface area contributed by atoms with E-state index in [0.29, 0.717) is 28.0 Å². The van der Waals surface area contributed by atoms with Gasteiger partial charge in [-0.2, -0.15) is 0 Å². The number of aromatic nitrogens is 1. The highest BCUT2D eigenvalue weighted by Crippen LogP contribution is 2.27. The molecule has 1 aliphatic rings. The Bertz CT molecular complexity index is 725. The van der Waals surface area contributed by atoms with Gasteiger partial charge in [0.1, 0.15) is 17.6 Å². The molecule has 0 saturated carbocycles. The lowest BCUT2D eigenvalue weighted by molar-refractivity contribution is -0.113. The van der Waals surface area contributed by atoms with Gasteiger partial charge < -0.3 is 20.4 Å². The van der Waals surface area contributed by atoms with Crippen LogP contribution >= 0.6 is 12.2 Å². The molecular formula is C15H14N4O2S. The van der Waals surface area contributed by atoms with Crippen molar-refractivity contribution in [2.75, 3.05) is 5.32 Å². The highest BCUT2D eigenvalue weighted by Gasteiger charge is 2.31. The van der Waals surface area contributed by atoms with Gasteiger partial charge >= 0.3 is 0 Å². The van der Waals surface area contributed by atoms with Crippen LogP contribution in [-0.2, 0) is 4.79 Å². The van der Waals surface area contributed by atoms with Gasteiger partial charge in [0, 0.05) is 11.9 Å². The van der Waals surface area contributed by atoms with Crippen molar-refractivity contribution in [2.45, 2.75) is 13.0 Å². The predicted molar refractivity (Wildman–Crippen MR) is 85.9 cm³/mol. The summed E-state index contributed by atoms with van der Waals surface area (Å²) in [5, 5.41) is 9.25. The standard InChI is InChI=1S/C15H14N4O2S/c1-9-12(14(20)18-11-6-2-3-7-16-11)13(19-15(22)17-9)10-5-4-8-21-10/h2-8,13H,1H3,(H,16,18,20)(H2,17,19,22). The number of rotatable bonds is 3. The molecule has 7 heteroatoms. The van der Waals surface area contributed by atoms with Crippen LogP contribution in [0.4, 0.5) is 5.82 Å². The number of anilines is 1. The molecule has 1 atom stereocenters. The van der Waals surface area contributed by atoms with E-state index in [0.717, 1.165) is 0 Å². The van der Waals surface area contributed by atoms with Gasteiger partial charge in [-0.3, -0.25) is 4.79 Å². The lowest BCUT2D eigenvalue weighted by atomic mass is 10.00. The zero-order chi connectivity index (χ0) is 15.5. The van der Waals surface area contributed by atoms with Crippen molar-refractivity contribution in [1.29, 1.82) is 0 Å². The summed E-state index contributed by atoms with van der Waals surface area (Å²) in [6, 6.07) is 8.45. The zero-order valence-electron chi connectivity index (χ0n) is 11.8. The molecule has 0 aliphatic carbocycles. The van der Waals surface area contributed by atoms with Crippen molar-refractivity contribution < 1.29 is 9.21 Å². The van der Waals surface area contributed by atoms with Crippen LogP contribution in [0.25, 0.3) is 0 Å². The van der Waals surface area contributed by atoms with Gasteiger partial charge in [0.2, 0.25) is 0 Å². The molecular weight excluding hydrogens is 300 g/mol. The van der Waals surface area contributed by atoms with Crippen LogP contribution in [0, 0.1) is 0 Å². The lowest BCUT2D eigenvalue weighted by Gasteiger charge is -2.28. The Labute approximate surface area is 132 Å². The van der Waals surface area contributed by atoms with Crippen LogP contribution in [0.15, 0.2) is 58.5 Å². The van der Waals surface area contributed by atoms with Crippen molar-refractivity contribution in [3.8, 4) is 0 Å². The van der Waals surface area contributed by atoms with Gasteiger partial charge in [-0.15, -0.1) is 0 Å². The molecule has 2 aromatic heterocycles. The number of amides is 1. The first kappa shape index (κ1) is 14.3. The molecule has 0 saturated heterocycles. The molecule has 0 bridgehead atoms. The SMILES string of the molecule is CC1=C(C(=O)Nc2ccccn2)C(c2ccco2)NC(=S)N1. The molecule has 1 unspecified atom stereocenters. The van der Waals surface area contributed by atoms with Gasteiger partial charge in [0.25, 0.3) is 5.91 Å². The smallest absolute Gasteiger partial charge is 0.257 e. The van der Waals surface area contributed by atoms with Crippen LogP contribution in [0.1, 0.15) is 18.7 Å². The number of thiocarbonyl (C=S) groups is 1. The summed E-state index contributed by atoms with van der Waals surface area (Å²) in [5.74, 6) is 0.841. The summed E-state index contributed by atoms with van der Waals surface area (Å²) < 4.78 is 5.42. The molecule has 2 aromatic rings. The first-order valence-electron chi connectivity index (χ1n) is 6.69. The predicted octanol–water partition coefficient (Wildman–Crippen LogP) is 2.11. The fourth-order valence-corrected chi connectivity index (χ4v) is 2.56. The Balaban J connectivity index is 1.92. The summed E-state index contributed by atoms with van der Waals surface area (Å²) in [6.07, 6.45) is 3.18. The molecule has 112 valence electrons. The van der Waals surface area contributed by atoms with Crippen molar-refractivity contribution >= 4 is 29.1 Å².